The van der Waals surface area contributed by atoms with Gasteiger partial charge in [0.2, 0.25) is 0 Å². The van der Waals surface area contributed by atoms with Crippen LogP contribution in [0.1, 0.15) is 11.1 Å². The number of carbonyl (C=O) groups is 1. The third-order valence-corrected chi connectivity index (χ3v) is 6.80. The summed E-state index contributed by atoms with van der Waals surface area (Å²) in [6.45, 7) is 3.45. The molecule has 2 amide bonds. The monoisotopic (exact) mass is 537 g/mol. The molecule has 5 rings (SSSR count). The van der Waals surface area contributed by atoms with Crippen LogP contribution in [0.2, 0.25) is 5.02 Å². The molecular weight excluding hydrogens is 514 g/mol. The fourth-order valence-corrected chi connectivity index (χ4v) is 4.89. The summed E-state index contributed by atoms with van der Waals surface area (Å²) in [5.41, 5.74) is 5.65. The van der Waals surface area contributed by atoms with Gasteiger partial charge in [0, 0.05) is 35.4 Å². The van der Waals surface area contributed by atoms with Crippen LogP contribution < -0.4 is 20.4 Å². The largest absolute Gasteiger partial charge is 0.507 e. The minimum atomic E-state index is -0.537. The second kappa shape index (κ2) is 11.5. The summed E-state index contributed by atoms with van der Waals surface area (Å²) in [4.78, 5) is 19.0. The molecule has 0 aliphatic carbocycles. The first-order valence-corrected chi connectivity index (χ1v) is 12.8. The number of hydrogen-bond acceptors (Lipinski definition) is 8. The molecule has 1 aliphatic rings. The van der Waals surface area contributed by atoms with E-state index in [0.717, 1.165) is 34.6 Å². The first-order valence-electron chi connectivity index (χ1n) is 11.6. The van der Waals surface area contributed by atoms with E-state index in [4.69, 9.17) is 21.1 Å². The lowest BCUT2D eigenvalue weighted by molar-refractivity contribution is 0.122. The maximum Gasteiger partial charge on any atom is 0.341 e. The van der Waals surface area contributed by atoms with Crippen LogP contribution >= 0.6 is 22.9 Å². The zero-order valence-corrected chi connectivity index (χ0v) is 21.3. The summed E-state index contributed by atoms with van der Waals surface area (Å²) in [6.07, 6.45) is 1.35. The van der Waals surface area contributed by atoms with Crippen molar-refractivity contribution in [3.05, 3.63) is 76.8 Å². The smallest absolute Gasteiger partial charge is 0.341 e. The van der Waals surface area contributed by atoms with Crippen molar-refractivity contribution in [3.8, 4) is 11.5 Å². The quantitative estimate of drug-likeness (QED) is 0.220. The van der Waals surface area contributed by atoms with Crippen molar-refractivity contribution in [2.75, 3.05) is 36.5 Å². The molecule has 0 spiro atoms. The molecule has 2 heterocycles. The molecular formula is C26H24ClN5O4S. The van der Waals surface area contributed by atoms with Gasteiger partial charge in [-0.05, 0) is 48.0 Å². The predicted molar refractivity (Wildman–Crippen MR) is 146 cm³/mol. The molecule has 0 unspecified atom stereocenters. The number of anilines is 2. The molecule has 190 valence electrons. The van der Waals surface area contributed by atoms with Crippen LogP contribution in [-0.4, -0.2) is 48.6 Å². The summed E-state index contributed by atoms with van der Waals surface area (Å²) < 4.78 is 12.1. The lowest BCUT2D eigenvalue weighted by Crippen LogP contribution is -2.36. The van der Waals surface area contributed by atoms with Gasteiger partial charge in [-0.3, -0.25) is 5.32 Å². The maximum atomic E-state index is 12.3. The van der Waals surface area contributed by atoms with Crippen molar-refractivity contribution in [1.29, 1.82) is 0 Å². The Labute approximate surface area is 222 Å². The van der Waals surface area contributed by atoms with Gasteiger partial charge in [-0.1, -0.05) is 35.1 Å². The molecule has 3 N–H and O–H groups in total. The Morgan fingerprint density at radius 1 is 1.19 bits per heavy atom. The number of urea groups is 1. The number of nitrogens with one attached hydrogen (secondary N) is 2. The Morgan fingerprint density at radius 3 is 2.86 bits per heavy atom. The number of nitrogens with zero attached hydrogens (tertiary/aromatic N) is 3. The molecule has 1 aromatic heterocycles. The number of amides is 2. The first-order chi connectivity index (χ1) is 18.0. The lowest BCUT2D eigenvalue weighted by Gasteiger charge is -2.28. The number of carbonyl (C=O) groups excluding carboxylic acids is 1. The number of ether oxygens (including phenoxy) is 2. The normalized spacial score (nSPS) is 13.7. The van der Waals surface area contributed by atoms with E-state index in [2.05, 4.69) is 31.8 Å². The molecule has 0 saturated carbocycles. The summed E-state index contributed by atoms with van der Waals surface area (Å²) in [7, 11) is 0. The van der Waals surface area contributed by atoms with Crippen LogP contribution in [0.15, 0.2) is 65.8 Å². The number of thiazole rings is 1. The van der Waals surface area contributed by atoms with Crippen molar-refractivity contribution in [3.63, 3.8) is 0 Å². The molecule has 1 aliphatic heterocycles. The van der Waals surface area contributed by atoms with Gasteiger partial charge in [-0.2, -0.15) is 5.10 Å². The van der Waals surface area contributed by atoms with E-state index in [9.17, 15) is 9.90 Å². The number of phenolic OH excluding ortho intramolecular Hbond substituents is 1. The molecule has 1 saturated heterocycles. The van der Waals surface area contributed by atoms with Gasteiger partial charge in [0.1, 0.15) is 18.1 Å². The summed E-state index contributed by atoms with van der Waals surface area (Å²) in [5, 5.41) is 18.0. The second-order valence-electron chi connectivity index (χ2n) is 8.23. The van der Waals surface area contributed by atoms with Gasteiger partial charge >= 0.3 is 6.03 Å². The van der Waals surface area contributed by atoms with Gasteiger partial charge in [0.15, 0.2) is 5.13 Å². The summed E-state index contributed by atoms with van der Waals surface area (Å²) >= 11 is 7.37. The van der Waals surface area contributed by atoms with Gasteiger partial charge in [0.05, 0.1) is 29.6 Å². The Bertz CT molecular complexity index is 1440. The van der Waals surface area contributed by atoms with E-state index in [1.165, 1.54) is 23.6 Å². The van der Waals surface area contributed by atoms with Gasteiger partial charge in [-0.25, -0.2) is 15.2 Å². The summed E-state index contributed by atoms with van der Waals surface area (Å²) in [6, 6.07) is 17.7. The van der Waals surface area contributed by atoms with E-state index in [1.807, 2.05) is 30.3 Å². The Balaban J connectivity index is 1.14. The lowest BCUT2D eigenvalue weighted by atomic mass is 10.2. The predicted octanol–water partition coefficient (Wildman–Crippen LogP) is 5.23. The van der Waals surface area contributed by atoms with Gasteiger partial charge in [-0.15, -0.1) is 0 Å². The summed E-state index contributed by atoms with van der Waals surface area (Å²) in [5.74, 6) is 0.463. The molecule has 0 radical (unpaired) electrons. The van der Waals surface area contributed by atoms with Gasteiger partial charge < -0.3 is 19.5 Å². The van der Waals surface area contributed by atoms with Crippen molar-refractivity contribution >= 4 is 56.2 Å². The molecule has 11 heteroatoms. The van der Waals surface area contributed by atoms with Crippen LogP contribution in [0.4, 0.5) is 15.6 Å². The van der Waals surface area contributed by atoms with Crippen LogP contribution in [-0.2, 0) is 11.3 Å². The minimum Gasteiger partial charge on any atom is -0.507 e. The topological polar surface area (TPSA) is 108 Å². The number of halogens is 1. The number of morpholine rings is 1. The van der Waals surface area contributed by atoms with Crippen LogP contribution in [0.5, 0.6) is 11.5 Å². The Morgan fingerprint density at radius 2 is 2.05 bits per heavy atom. The highest BCUT2D eigenvalue weighted by atomic mass is 35.5. The molecule has 3 aromatic carbocycles. The number of fused-ring (bicyclic) bond motifs is 1. The minimum absolute atomic E-state index is 0.0307. The molecule has 1 fully saturated rings. The van der Waals surface area contributed by atoms with Crippen molar-refractivity contribution in [1.82, 2.24) is 10.4 Å². The van der Waals surface area contributed by atoms with E-state index in [-0.39, 0.29) is 5.75 Å². The number of phenols is 1. The number of aromatic hydroxyl groups is 1. The number of benzene rings is 3. The van der Waals surface area contributed by atoms with Crippen LogP contribution in [0.25, 0.3) is 10.2 Å². The number of rotatable bonds is 7. The van der Waals surface area contributed by atoms with Crippen molar-refractivity contribution in [2.24, 2.45) is 5.10 Å². The van der Waals surface area contributed by atoms with Crippen LogP contribution in [0, 0.1) is 0 Å². The highest BCUT2D eigenvalue weighted by Gasteiger charge is 2.13. The molecule has 0 atom stereocenters. The fourth-order valence-electron chi connectivity index (χ4n) is 3.79. The van der Waals surface area contributed by atoms with E-state index in [1.54, 1.807) is 18.2 Å². The third-order valence-electron chi connectivity index (χ3n) is 5.63. The zero-order chi connectivity index (χ0) is 25.6. The number of aromatic nitrogens is 1. The highest BCUT2D eigenvalue weighted by Crippen LogP contribution is 2.30. The first kappa shape index (κ1) is 24.8. The van der Waals surface area contributed by atoms with E-state index in [0.29, 0.717) is 41.3 Å². The molecule has 4 aromatic rings. The van der Waals surface area contributed by atoms with Crippen molar-refractivity contribution in [2.45, 2.75) is 6.61 Å². The molecule has 37 heavy (non-hydrogen) atoms. The van der Waals surface area contributed by atoms with Crippen LogP contribution in [0.3, 0.4) is 0 Å². The molecule has 9 nitrogen and oxygen atoms in total. The molecule has 0 bridgehead atoms. The Kier molecular flexibility index (Phi) is 7.69. The third kappa shape index (κ3) is 6.48. The average Bonchev–Trinajstić information content (AvgIpc) is 3.30. The Hall–Kier alpha value is -3.86. The number of hydrazone groups is 1. The second-order valence-corrected chi connectivity index (χ2v) is 9.70. The highest BCUT2D eigenvalue weighted by molar-refractivity contribution is 7.22. The fraction of sp³-hybridized carbons (Fsp3) is 0.192. The van der Waals surface area contributed by atoms with Gasteiger partial charge in [0.25, 0.3) is 0 Å². The zero-order valence-electron chi connectivity index (χ0n) is 19.7. The average molecular weight is 538 g/mol. The van der Waals surface area contributed by atoms with E-state index < -0.39 is 6.03 Å². The standard InChI is InChI=1S/C26H24ClN5O4S/c27-19-3-1-2-17(12-19)16-36-21-6-4-18(23(33)14-21)15-28-31-25(34)30-26-29-22-7-5-20(13-24(22)37-26)32-8-10-35-11-9-32/h1-7,12-15,33H,8-11,16H2,(H2,29,30,31,34)/b28-15+. The van der Waals surface area contributed by atoms with E-state index >= 15 is 0 Å². The maximum absolute atomic E-state index is 12.3. The number of hydrogen-bond donors (Lipinski definition) is 3. The SMILES string of the molecule is O=C(N/N=C/c1ccc(OCc2cccc(Cl)c2)cc1O)Nc1nc2ccc(N3CCOCC3)cc2s1. The van der Waals surface area contributed by atoms with Crippen molar-refractivity contribution < 1.29 is 19.4 Å².